The van der Waals surface area contributed by atoms with Gasteiger partial charge in [-0.25, -0.2) is 0 Å². The molecule has 1 N–H and O–H groups in total. The van der Waals surface area contributed by atoms with E-state index in [0.717, 1.165) is 22.2 Å². The molecule has 8 heteroatoms. The summed E-state index contributed by atoms with van der Waals surface area (Å²) >= 11 is 3.45. The van der Waals surface area contributed by atoms with Gasteiger partial charge in [-0.15, -0.1) is 0 Å². The SMILES string of the molecule is O=C1c2ccccc2N[C@@H](c2ccccc2OCc2cccc(Br)c2)N1c1cccc(C(F)(F)F)c1. The fourth-order valence-corrected chi connectivity index (χ4v) is 4.64. The molecular weight excluding hydrogens is 533 g/mol. The van der Waals surface area contributed by atoms with Gasteiger partial charge in [-0.3, -0.25) is 9.69 Å². The lowest BCUT2D eigenvalue weighted by atomic mass is 10.0. The van der Waals surface area contributed by atoms with Gasteiger partial charge in [0.15, 0.2) is 0 Å². The molecule has 36 heavy (non-hydrogen) atoms. The average molecular weight is 553 g/mol. The largest absolute Gasteiger partial charge is 0.488 e. The Morgan fingerprint density at radius 1 is 0.889 bits per heavy atom. The molecule has 1 aliphatic rings. The second kappa shape index (κ2) is 9.70. The third kappa shape index (κ3) is 4.81. The van der Waals surface area contributed by atoms with E-state index in [1.165, 1.54) is 17.0 Å². The third-order valence-electron chi connectivity index (χ3n) is 5.88. The van der Waals surface area contributed by atoms with Crippen molar-refractivity contribution in [2.75, 3.05) is 10.2 Å². The second-order valence-corrected chi connectivity index (χ2v) is 9.19. The molecule has 4 aromatic rings. The summed E-state index contributed by atoms with van der Waals surface area (Å²) < 4.78 is 47.6. The minimum atomic E-state index is -4.54. The number of hydrogen-bond acceptors (Lipinski definition) is 3. The molecule has 0 spiro atoms. The highest BCUT2D eigenvalue weighted by Gasteiger charge is 2.37. The first kappa shape index (κ1) is 23.9. The highest BCUT2D eigenvalue weighted by atomic mass is 79.9. The van der Waals surface area contributed by atoms with Crippen LogP contribution in [0.4, 0.5) is 24.5 Å². The van der Waals surface area contributed by atoms with Crippen LogP contribution >= 0.6 is 15.9 Å². The first-order valence-corrected chi connectivity index (χ1v) is 11.9. The lowest BCUT2D eigenvalue weighted by Crippen LogP contribution is -2.43. The molecule has 0 saturated carbocycles. The summed E-state index contributed by atoms with van der Waals surface area (Å²) in [7, 11) is 0. The minimum absolute atomic E-state index is 0.128. The number of fused-ring (bicyclic) bond motifs is 1. The number of amides is 1. The number of nitrogens with zero attached hydrogens (tertiary/aromatic N) is 1. The number of ether oxygens (including phenoxy) is 1. The molecule has 0 bridgehead atoms. The van der Waals surface area contributed by atoms with E-state index in [1.807, 2.05) is 30.3 Å². The Bertz CT molecular complexity index is 1420. The third-order valence-corrected chi connectivity index (χ3v) is 6.37. The number of halogens is 4. The van der Waals surface area contributed by atoms with Crippen LogP contribution in [0.1, 0.15) is 33.2 Å². The van der Waals surface area contributed by atoms with Crippen molar-refractivity contribution in [2.45, 2.75) is 18.9 Å². The molecule has 0 unspecified atom stereocenters. The van der Waals surface area contributed by atoms with Crippen LogP contribution in [0.5, 0.6) is 5.75 Å². The smallest absolute Gasteiger partial charge is 0.416 e. The van der Waals surface area contributed by atoms with Crippen LogP contribution in [0.25, 0.3) is 0 Å². The van der Waals surface area contributed by atoms with Gasteiger partial charge in [0.25, 0.3) is 5.91 Å². The van der Waals surface area contributed by atoms with Crippen molar-refractivity contribution in [2.24, 2.45) is 0 Å². The maximum atomic E-state index is 13.6. The van der Waals surface area contributed by atoms with Crippen molar-refractivity contribution in [1.82, 2.24) is 0 Å². The number of anilines is 2. The predicted octanol–water partition coefficient (Wildman–Crippen LogP) is 7.82. The molecule has 0 aromatic heterocycles. The summed E-state index contributed by atoms with van der Waals surface area (Å²) in [6.07, 6.45) is -5.34. The molecule has 0 saturated heterocycles. The van der Waals surface area contributed by atoms with Crippen LogP contribution in [-0.2, 0) is 12.8 Å². The van der Waals surface area contributed by atoms with Crippen LogP contribution in [-0.4, -0.2) is 5.91 Å². The minimum Gasteiger partial charge on any atom is -0.488 e. The van der Waals surface area contributed by atoms with Crippen molar-refractivity contribution in [1.29, 1.82) is 0 Å². The summed E-state index contributed by atoms with van der Waals surface area (Å²) in [6.45, 7) is 0.275. The maximum absolute atomic E-state index is 13.6. The Kier molecular flexibility index (Phi) is 6.45. The number of para-hydroxylation sites is 2. The Balaban J connectivity index is 1.57. The fourth-order valence-electron chi connectivity index (χ4n) is 4.20. The Morgan fingerprint density at radius 3 is 2.44 bits per heavy atom. The molecule has 1 aliphatic heterocycles. The van der Waals surface area contributed by atoms with Gasteiger partial charge in [0.2, 0.25) is 0 Å². The topological polar surface area (TPSA) is 41.6 Å². The van der Waals surface area contributed by atoms with E-state index in [2.05, 4.69) is 21.2 Å². The number of carbonyl (C=O) groups excluding carboxylic acids is 1. The first-order chi connectivity index (χ1) is 17.3. The summed E-state index contributed by atoms with van der Waals surface area (Å²) in [5, 5.41) is 3.33. The monoisotopic (exact) mass is 552 g/mol. The lowest BCUT2D eigenvalue weighted by Gasteiger charge is -2.38. The van der Waals surface area contributed by atoms with Crippen molar-refractivity contribution in [3.8, 4) is 5.75 Å². The molecule has 1 amide bonds. The summed E-state index contributed by atoms with van der Waals surface area (Å²) in [5.74, 6) is 0.106. The van der Waals surface area contributed by atoms with Crippen molar-refractivity contribution < 1.29 is 22.7 Å². The predicted molar refractivity (Wildman–Crippen MR) is 136 cm³/mol. The molecule has 1 heterocycles. The number of rotatable bonds is 5. The summed E-state index contributed by atoms with van der Waals surface area (Å²) in [5.41, 5.74) is 1.82. The zero-order valence-electron chi connectivity index (χ0n) is 18.8. The summed E-state index contributed by atoms with van der Waals surface area (Å²) in [6, 6.07) is 26.6. The van der Waals surface area contributed by atoms with Gasteiger partial charge >= 0.3 is 6.18 Å². The van der Waals surface area contributed by atoms with Crippen LogP contribution in [0.2, 0.25) is 0 Å². The van der Waals surface area contributed by atoms with E-state index in [1.54, 1.807) is 42.5 Å². The van der Waals surface area contributed by atoms with Gasteiger partial charge in [0.1, 0.15) is 18.5 Å². The standard InChI is InChI=1S/C28H20BrF3N2O2/c29-20-9-5-7-18(15-20)17-36-25-14-4-2-12-23(25)26-33-24-13-3-1-11-22(24)27(35)34(26)21-10-6-8-19(16-21)28(30,31)32/h1-16,26,33H,17H2/t26-/m1/s1. The zero-order valence-corrected chi connectivity index (χ0v) is 20.4. The van der Waals surface area contributed by atoms with Gasteiger partial charge < -0.3 is 10.1 Å². The lowest BCUT2D eigenvalue weighted by molar-refractivity contribution is -0.137. The van der Waals surface area contributed by atoms with E-state index >= 15 is 0 Å². The van der Waals surface area contributed by atoms with Crippen LogP contribution in [0.3, 0.4) is 0 Å². The molecule has 0 aliphatic carbocycles. The molecular formula is C28H20BrF3N2O2. The van der Waals surface area contributed by atoms with Gasteiger partial charge in [-0.2, -0.15) is 13.2 Å². The number of benzene rings is 4. The molecule has 0 radical (unpaired) electrons. The maximum Gasteiger partial charge on any atom is 0.416 e. The number of alkyl halides is 3. The molecule has 5 rings (SSSR count). The fraction of sp³-hybridized carbons (Fsp3) is 0.107. The van der Waals surface area contributed by atoms with Gasteiger partial charge in [0, 0.05) is 21.4 Å². The van der Waals surface area contributed by atoms with E-state index in [4.69, 9.17) is 4.74 Å². The molecule has 0 fully saturated rings. The van der Waals surface area contributed by atoms with Crippen LogP contribution < -0.4 is 15.0 Å². The average Bonchev–Trinajstić information content (AvgIpc) is 2.87. The normalized spacial score (nSPS) is 15.3. The molecule has 182 valence electrons. The highest BCUT2D eigenvalue weighted by molar-refractivity contribution is 9.10. The van der Waals surface area contributed by atoms with Gasteiger partial charge in [0.05, 0.1) is 11.1 Å². The Morgan fingerprint density at radius 2 is 1.64 bits per heavy atom. The quantitative estimate of drug-likeness (QED) is 0.274. The van der Waals surface area contributed by atoms with Crippen molar-refractivity contribution in [3.63, 3.8) is 0 Å². The van der Waals surface area contributed by atoms with Crippen LogP contribution in [0.15, 0.2) is 102 Å². The first-order valence-electron chi connectivity index (χ1n) is 11.1. The van der Waals surface area contributed by atoms with E-state index in [9.17, 15) is 18.0 Å². The number of carbonyl (C=O) groups is 1. The molecule has 4 nitrogen and oxygen atoms in total. The molecule has 1 atom stereocenters. The van der Waals surface area contributed by atoms with E-state index in [0.29, 0.717) is 22.6 Å². The van der Waals surface area contributed by atoms with E-state index < -0.39 is 23.8 Å². The summed E-state index contributed by atoms with van der Waals surface area (Å²) in [4.78, 5) is 15.0. The Labute approximate surface area is 214 Å². The highest BCUT2D eigenvalue weighted by Crippen LogP contribution is 2.41. The number of hydrogen-bond donors (Lipinski definition) is 1. The Hall–Kier alpha value is -3.78. The van der Waals surface area contributed by atoms with Gasteiger partial charge in [-0.1, -0.05) is 64.5 Å². The number of nitrogens with one attached hydrogen (secondary N) is 1. The molecule has 4 aromatic carbocycles. The van der Waals surface area contributed by atoms with Crippen molar-refractivity contribution in [3.05, 3.63) is 124 Å². The van der Waals surface area contributed by atoms with Crippen LogP contribution in [0, 0.1) is 0 Å². The second-order valence-electron chi connectivity index (χ2n) is 8.27. The van der Waals surface area contributed by atoms with Crippen molar-refractivity contribution >= 4 is 33.2 Å². The van der Waals surface area contributed by atoms with E-state index in [-0.39, 0.29) is 12.3 Å². The zero-order chi connectivity index (χ0) is 25.3. The van der Waals surface area contributed by atoms with Gasteiger partial charge in [-0.05, 0) is 54.1 Å².